The number of primary amides is 1. The van der Waals surface area contributed by atoms with E-state index in [-0.39, 0.29) is 41.6 Å². The second-order valence-electron chi connectivity index (χ2n) is 11.8. The molecule has 46 heavy (non-hydrogen) atoms. The van der Waals surface area contributed by atoms with Crippen LogP contribution in [-0.2, 0) is 13.0 Å². The molecule has 2 amide bonds. The van der Waals surface area contributed by atoms with E-state index in [1.54, 1.807) is 31.2 Å². The maximum absolute atomic E-state index is 13.7. The van der Waals surface area contributed by atoms with Crippen molar-refractivity contribution in [2.24, 2.45) is 11.7 Å². The van der Waals surface area contributed by atoms with Crippen molar-refractivity contribution in [1.82, 2.24) is 20.5 Å². The van der Waals surface area contributed by atoms with E-state index in [2.05, 4.69) is 15.5 Å². The molecule has 6 rings (SSSR count). The lowest BCUT2D eigenvalue weighted by Gasteiger charge is -2.19. The third-order valence-electron chi connectivity index (χ3n) is 7.84. The Labute approximate surface area is 266 Å². The smallest absolute Gasteiger partial charge is 0.261 e. The van der Waals surface area contributed by atoms with Crippen molar-refractivity contribution in [2.45, 2.75) is 52.0 Å². The zero-order valence-corrected chi connectivity index (χ0v) is 26.1. The first-order valence-electron chi connectivity index (χ1n) is 14.7. The van der Waals surface area contributed by atoms with Crippen LogP contribution in [-0.4, -0.2) is 27.0 Å². The minimum atomic E-state index is -1.00. The van der Waals surface area contributed by atoms with Gasteiger partial charge in [-0.05, 0) is 72.2 Å². The number of hydrogen-bond acceptors (Lipinski definition) is 7. The standard InChI is InChI=1S/C34H30F3N5O3S/c1-16(2)12-25-28(32(38)43)29(26-10-11-27(46-26)33(44)39-15-18-4-9-23(36)24(37)13-18)30(34-42-41-17(3)45-34)31(40-25)22-14-21(22)19-5-7-20(35)8-6-19/h4-11,13,16,21-22H,12,14-15H2,1-3H3,(H2,38,43)(H,39,44). The summed E-state index contributed by atoms with van der Waals surface area (Å²) in [5, 5.41) is 11.1. The summed E-state index contributed by atoms with van der Waals surface area (Å²) in [7, 11) is 0. The van der Waals surface area contributed by atoms with E-state index in [9.17, 15) is 22.8 Å². The fourth-order valence-electron chi connectivity index (χ4n) is 5.67. The fourth-order valence-corrected chi connectivity index (χ4v) is 6.65. The summed E-state index contributed by atoms with van der Waals surface area (Å²) < 4.78 is 46.7. The molecule has 1 fully saturated rings. The lowest BCUT2D eigenvalue weighted by Crippen LogP contribution is -2.21. The molecule has 0 saturated heterocycles. The molecule has 5 aromatic rings. The molecule has 0 bridgehead atoms. The minimum absolute atomic E-state index is 0.0211. The number of aromatic nitrogens is 3. The Balaban J connectivity index is 1.46. The minimum Gasteiger partial charge on any atom is -0.421 e. The van der Waals surface area contributed by atoms with Gasteiger partial charge in [-0.25, -0.2) is 13.2 Å². The van der Waals surface area contributed by atoms with Gasteiger partial charge in [-0.3, -0.25) is 14.6 Å². The molecule has 1 aliphatic rings. The molecule has 8 nitrogen and oxygen atoms in total. The Morgan fingerprint density at radius 1 is 1.00 bits per heavy atom. The zero-order chi connectivity index (χ0) is 32.7. The van der Waals surface area contributed by atoms with Crippen molar-refractivity contribution in [3.63, 3.8) is 0 Å². The number of aryl methyl sites for hydroxylation is 1. The van der Waals surface area contributed by atoms with Gasteiger partial charge in [0.15, 0.2) is 11.6 Å². The van der Waals surface area contributed by atoms with Crippen LogP contribution < -0.4 is 11.1 Å². The van der Waals surface area contributed by atoms with Gasteiger partial charge in [0.1, 0.15) is 5.82 Å². The summed E-state index contributed by atoms with van der Waals surface area (Å²) >= 11 is 1.14. The number of nitrogens with one attached hydrogen (secondary N) is 1. The Morgan fingerprint density at radius 3 is 2.41 bits per heavy atom. The Morgan fingerprint density at radius 2 is 1.76 bits per heavy atom. The van der Waals surface area contributed by atoms with Crippen molar-refractivity contribution in [3.05, 3.63) is 111 Å². The summed E-state index contributed by atoms with van der Waals surface area (Å²) in [6, 6.07) is 13.1. The molecule has 0 spiro atoms. The van der Waals surface area contributed by atoms with Crippen LogP contribution in [0.15, 0.2) is 59.0 Å². The van der Waals surface area contributed by atoms with Crippen molar-refractivity contribution in [1.29, 1.82) is 0 Å². The van der Waals surface area contributed by atoms with Crippen molar-refractivity contribution in [3.8, 4) is 21.9 Å². The van der Waals surface area contributed by atoms with Crippen LogP contribution in [0.1, 0.15) is 80.5 Å². The molecule has 1 aliphatic carbocycles. The molecular weight excluding hydrogens is 615 g/mol. The Kier molecular flexibility index (Phi) is 8.47. The molecule has 3 N–H and O–H groups in total. The number of nitrogens with two attached hydrogens (primary N) is 1. The lowest BCUT2D eigenvalue weighted by atomic mass is 9.91. The topological polar surface area (TPSA) is 124 Å². The molecule has 0 radical (unpaired) electrons. The number of pyridine rings is 1. The van der Waals surface area contributed by atoms with Crippen LogP contribution in [0, 0.1) is 30.3 Å². The quantitative estimate of drug-likeness (QED) is 0.167. The third kappa shape index (κ3) is 6.30. The molecule has 236 valence electrons. The van der Waals surface area contributed by atoms with Gasteiger partial charge in [0.05, 0.1) is 27.4 Å². The van der Waals surface area contributed by atoms with Crippen molar-refractivity contribution < 1.29 is 27.2 Å². The normalized spacial score (nSPS) is 15.7. The number of hydrogen-bond donors (Lipinski definition) is 2. The zero-order valence-electron chi connectivity index (χ0n) is 25.2. The molecule has 2 unspecified atom stereocenters. The highest BCUT2D eigenvalue weighted by Crippen LogP contribution is 2.57. The molecule has 3 heterocycles. The third-order valence-corrected chi connectivity index (χ3v) is 8.94. The van der Waals surface area contributed by atoms with Gasteiger partial charge in [-0.15, -0.1) is 21.5 Å². The summed E-state index contributed by atoms with van der Waals surface area (Å²) in [5.74, 6) is -2.85. The number of thiophene rings is 1. The first-order chi connectivity index (χ1) is 22.0. The van der Waals surface area contributed by atoms with Gasteiger partial charge >= 0.3 is 0 Å². The number of carbonyl (C=O) groups is 2. The van der Waals surface area contributed by atoms with Gasteiger partial charge in [-0.2, -0.15) is 0 Å². The van der Waals surface area contributed by atoms with E-state index in [1.807, 2.05) is 13.8 Å². The van der Waals surface area contributed by atoms with Gasteiger partial charge in [0, 0.05) is 29.8 Å². The predicted octanol–water partition coefficient (Wildman–Crippen LogP) is 7.08. The summed E-state index contributed by atoms with van der Waals surface area (Å²) in [4.78, 5) is 32.3. The highest BCUT2D eigenvalue weighted by Gasteiger charge is 2.44. The average Bonchev–Trinajstić information content (AvgIpc) is 3.42. The fraction of sp³-hybridized carbons (Fsp3) is 0.265. The van der Waals surface area contributed by atoms with Crippen molar-refractivity contribution >= 4 is 23.2 Å². The second-order valence-corrected chi connectivity index (χ2v) is 12.8. The number of carbonyl (C=O) groups excluding carboxylic acids is 2. The number of nitrogens with zero attached hydrogens (tertiary/aromatic N) is 3. The molecule has 0 aliphatic heterocycles. The average molecular weight is 646 g/mol. The number of halogens is 3. The molecule has 2 atom stereocenters. The molecular formula is C34H30F3N5O3S. The second kappa shape index (κ2) is 12.5. The van der Waals surface area contributed by atoms with E-state index in [0.717, 1.165) is 35.5 Å². The Hall–Kier alpha value is -4.84. The Bertz CT molecular complexity index is 1950. The van der Waals surface area contributed by atoms with Crippen LogP contribution >= 0.6 is 11.3 Å². The first-order valence-corrected chi connectivity index (χ1v) is 15.6. The maximum atomic E-state index is 13.7. The van der Waals surface area contributed by atoms with E-state index < -0.39 is 23.4 Å². The summed E-state index contributed by atoms with van der Waals surface area (Å²) in [6.07, 6.45) is 1.19. The highest BCUT2D eigenvalue weighted by atomic mass is 32.1. The monoisotopic (exact) mass is 645 g/mol. The number of rotatable bonds is 10. The van der Waals surface area contributed by atoms with E-state index in [1.165, 1.54) is 18.2 Å². The van der Waals surface area contributed by atoms with Crippen LogP contribution in [0.25, 0.3) is 21.9 Å². The molecule has 3 aromatic heterocycles. The van der Waals surface area contributed by atoms with Gasteiger partial charge in [0.25, 0.3) is 11.8 Å². The SMILES string of the molecule is Cc1nnc(-c2c(C3CC3c3ccc(F)cc3)nc(CC(C)C)c(C(N)=O)c2-c2ccc(C(=O)NCc3ccc(F)c(F)c3)s2)o1. The summed E-state index contributed by atoms with van der Waals surface area (Å²) in [6.45, 7) is 5.66. The first kappa shape index (κ1) is 31.2. The van der Waals surface area contributed by atoms with Gasteiger partial charge in [-0.1, -0.05) is 32.0 Å². The largest absolute Gasteiger partial charge is 0.421 e. The van der Waals surface area contributed by atoms with E-state index in [4.69, 9.17) is 15.1 Å². The highest BCUT2D eigenvalue weighted by molar-refractivity contribution is 7.17. The van der Waals surface area contributed by atoms with Crippen LogP contribution in [0.5, 0.6) is 0 Å². The van der Waals surface area contributed by atoms with Crippen LogP contribution in [0.4, 0.5) is 13.2 Å². The predicted molar refractivity (Wildman–Crippen MR) is 167 cm³/mol. The van der Waals surface area contributed by atoms with E-state index in [0.29, 0.717) is 50.1 Å². The van der Waals surface area contributed by atoms with Crippen LogP contribution in [0.3, 0.4) is 0 Å². The van der Waals surface area contributed by atoms with Gasteiger partial charge < -0.3 is 15.5 Å². The number of amides is 2. The van der Waals surface area contributed by atoms with Gasteiger partial charge in [0.2, 0.25) is 11.8 Å². The molecule has 1 saturated carbocycles. The van der Waals surface area contributed by atoms with Crippen molar-refractivity contribution in [2.75, 3.05) is 0 Å². The maximum Gasteiger partial charge on any atom is 0.261 e. The number of benzene rings is 2. The summed E-state index contributed by atoms with van der Waals surface area (Å²) in [5.41, 5.74) is 9.70. The molecule has 12 heteroatoms. The van der Waals surface area contributed by atoms with E-state index >= 15 is 0 Å². The van der Waals surface area contributed by atoms with Crippen LogP contribution in [0.2, 0.25) is 0 Å². The molecule has 2 aromatic carbocycles. The lowest BCUT2D eigenvalue weighted by molar-refractivity contribution is 0.0953.